The van der Waals surface area contributed by atoms with Gasteiger partial charge in [-0.3, -0.25) is 9.69 Å². The average Bonchev–Trinajstić information content (AvgIpc) is 2.87. The molecule has 1 N–H and O–H groups in total. The fourth-order valence-corrected chi connectivity index (χ4v) is 4.78. The number of nitrogens with zero attached hydrogens (tertiary/aromatic N) is 1. The molecule has 0 aromatic heterocycles. The van der Waals surface area contributed by atoms with E-state index in [0.717, 1.165) is 47.6 Å². The van der Waals surface area contributed by atoms with Crippen molar-refractivity contribution in [3.05, 3.63) is 83.9 Å². The van der Waals surface area contributed by atoms with Gasteiger partial charge in [-0.05, 0) is 67.6 Å². The number of likely N-dealkylation sites (tertiary alicyclic amines) is 1. The molecule has 3 aromatic carbocycles. The Balaban J connectivity index is 1.73. The highest BCUT2D eigenvalue weighted by Gasteiger charge is 2.31. The average molecular weight is 460 g/mol. The van der Waals surface area contributed by atoms with Gasteiger partial charge in [0.1, 0.15) is 0 Å². The number of hydrogen-bond acceptors (Lipinski definition) is 4. The molecule has 1 heterocycles. The van der Waals surface area contributed by atoms with Crippen molar-refractivity contribution in [2.24, 2.45) is 5.92 Å². The molecule has 0 spiro atoms. The van der Waals surface area contributed by atoms with Gasteiger partial charge in [-0.2, -0.15) is 0 Å². The van der Waals surface area contributed by atoms with Crippen molar-refractivity contribution >= 4 is 5.97 Å². The van der Waals surface area contributed by atoms with Crippen LogP contribution in [-0.4, -0.2) is 42.3 Å². The van der Waals surface area contributed by atoms with E-state index < -0.39 is 5.97 Å². The lowest BCUT2D eigenvalue weighted by atomic mass is 9.90. The molecule has 0 aliphatic carbocycles. The standard InChI is InChI=1S/C29H33NO4/c1-3-33-26-17-16-24(19-27(26)34-4-2)28(30-18-8-11-25(20-30)29(31)32)23-14-12-22(13-15-23)21-9-6-5-7-10-21/h5-7,9-10,12-17,19,25,28H,3-4,8,11,18,20H2,1-2H3,(H,31,32). The number of hydrogen-bond donors (Lipinski definition) is 1. The van der Waals surface area contributed by atoms with Crippen LogP contribution in [0.4, 0.5) is 0 Å². The highest BCUT2D eigenvalue weighted by Crippen LogP contribution is 2.38. The predicted octanol–water partition coefficient (Wildman–Crippen LogP) is 6.04. The number of rotatable bonds is 9. The summed E-state index contributed by atoms with van der Waals surface area (Å²) in [6, 6.07) is 25.0. The molecule has 5 heteroatoms. The number of carboxylic acids is 1. The largest absolute Gasteiger partial charge is 0.490 e. The lowest BCUT2D eigenvalue weighted by Gasteiger charge is -2.38. The van der Waals surface area contributed by atoms with Gasteiger partial charge in [-0.15, -0.1) is 0 Å². The van der Waals surface area contributed by atoms with Crippen molar-refractivity contribution < 1.29 is 19.4 Å². The van der Waals surface area contributed by atoms with Crippen molar-refractivity contribution in [2.75, 3.05) is 26.3 Å². The minimum atomic E-state index is -0.718. The first-order valence-corrected chi connectivity index (χ1v) is 12.1. The van der Waals surface area contributed by atoms with Crippen LogP contribution in [-0.2, 0) is 4.79 Å². The molecule has 5 nitrogen and oxygen atoms in total. The number of aliphatic carboxylic acids is 1. The van der Waals surface area contributed by atoms with Crippen LogP contribution in [0.15, 0.2) is 72.8 Å². The quantitative estimate of drug-likeness (QED) is 0.423. The molecule has 4 rings (SSSR count). The summed E-state index contributed by atoms with van der Waals surface area (Å²) >= 11 is 0. The fraction of sp³-hybridized carbons (Fsp3) is 0.345. The molecule has 0 radical (unpaired) electrons. The molecule has 0 amide bonds. The highest BCUT2D eigenvalue weighted by molar-refractivity contribution is 5.70. The third-order valence-electron chi connectivity index (χ3n) is 6.38. The van der Waals surface area contributed by atoms with Crippen LogP contribution in [0.3, 0.4) is 0 Å². The van der Waals surface area contributed by atoms with Gasteiger partial charge in [-0.1, -0.05) is 60.7 Å². The monoisotopic (exact) mass is 459 g/mol. The molecular formula is C29H33NO4. The number of ether oxygens (including phenoxy) is 2. The Kier molecular flexibility index (Phi) is 7.86. The van der Waals surface area contributed by atoms with Crippen molar-refractivity contribution in [1.82, 2.24) is 4.90 Å². The lowest BCUT2D eigenvalue weighted by molar-refractivity contribution is -0.143. The summed E-state index contributed by atoms with van der Waals surface area (Å²) < 4.78 is 11.7. The van der Waals surface area contributed by atoms with Crippen molar-refractivity contribution in [3.63, 3.8) is 0 Å². The van der Waals surface area contributed by atoms with Gasteiger partial charge >= 0.3 is 5.97 Å². The molecule has 2 atom stereocenters. The van der Waals surface area contributed by atoms with Gasteiger partial charge in [0.05, 0.1) is 25.2 Å². The summed E-state index contributed by atoms with van der Waals surface area (Å²) in [5.41, 5.74) is 4.55. The Bertz CT molecular complexity index is 1080. The molecule has 1 aliphatic rings. The fourth-order valence-electron chi connectivity index (χ4n) is 4.78. The minimum absolute atomic E-state index is 0.0677. The Hall–Kier alpha value is -3.31. The van der Waals surface area contributed by atoms with Crippen LogP contribution in [0, 0.1) is 5.92 Å². The van der Waals surface area contributed by atoms with E-state index in [1.807, 2.05) is 38.1 Å². The van der Waals surface area contributed by atoms with E-state index in [0.29, 0.717) is 19.8 Å². The van der Waals surface area contributed by atoms with E-state index >= 15 is 0 Å². The van der Waals surface area contributed by atoms with Gasteiger partial charge < -0.3 is 14.6 Å². The Morgan fingerprint density at radius 1 is 0.912 bits per heavy atom. The lowest BCUT2D eigenvalue weighted by Crippen LogP contribution is -2.41. The summed E-state index contributed by atoms with van der Waals surface area (Å²) in [5, 5.41) is 9.69. The molecule has 0 saturated carbocycles. The number of carboxylic acid groups (broad SMARTS) is 1. The Morgan fingerprint density at radius 3 is 2.24 bits per heavy atom. The number of benzene rings is 3. The Morgan fingerprint density at radius 2 is 1.56 bits per heavy atom. The van der Waals surface area contributed by atoms with E-state index in [9.17, 15) is 9.90 Å². The third-order valence-corrected chi connectivity index (χ3v) is 6.38. The summed E-state index contributed by atoms with van der Waals surface area (Å²) in [7, 11) is 0. The van der Waals surface area contributed by atoms with Crippen LogP contribution in [0.25, 0.3) is 11.1 Å². The summed E-state index contributed by atoms with van der Waals surface area (Å²) in [5.74, 6) is 0.381. The highest BCUT2D eigenvalue weighted by atomic mass is 16.5. The maximum absolute atomic E-state index is 11.8. The van der Waals surface area contributed by atoms with Gasteiger partial charge in [0.15, 0.2) is 11.5 Å². The zero-order valence-electron chi connectivity index (χ0n) is 19.9. The summed E-state index contributed by atoms with van der Waals surface area (Å²) in [4.78, 5) is 14.1. The smallest absolute Gasteiger partial charge is 0.307 e. The van der Waals surface area contributed by atoms with Gasteiger partial charge in [-0.25, -0.2) is 0 Å². The van der Waals surface area contributed by atoms with Crippen LogP contribution in [0.1, 0.15) is 43.9 Å². The first-order valence-electron chi connectivity index (χ1n) is 12.1. The van der Waals surface area contributed by atoms with Crippen LogP contribution < -0.4 is 9.47 Å². The molecule has 3 aromatic rings. The Labute approximate surface area is 201 Å². The maximum Gasteiger partial charge on any atom is 0.307 e. The van der Waals surface area contributed by atoms with Crippen molar-refractivity contribution in [2.45, 2.75) is 32.7 Å². The van der Waals surface area contributed by atoms with E-state index in [4.69, 9.17) is 9.47 Å². The van der Waals surface area contributed by atoms with Crippen LogP contribution >= 0.6 is 0 Å². The molecule has 1 fully saturated rings. The second-order valence-electron chi connectivity index (χ2n) is 8.64. The van der Waals surface area contributed by atoms with Crippen LogP contribution in [0.2, 0.25) is 0 Å². The molecule has 1 aliphatic heterocycles. The third kappa shape index (κ3) is 5.42. The molecule has 34 heavy (non-hydrogen) atoms. The number of carbonyl (C=O) groups is 1. The van der Waals surface area contributed by atoms with E-state index in [1.165, 1.54) is 5.56 Å². The molecule has 0 bridgehead atoms. The minimum Gasteiger partial charge on any atom is -0.490 e. The van der Waals surface area contributed by atoms with Gasteiger partial charge in [0.25, 0.3) is 0 Å². The first-order chi connectivity index (χ1) is 16.6. The van der Waals surface area contributed by atoms with Crippen LogP contribution in [0.5, 0.6) is 11.5 Å². The molecule has 1 saturated heterocycles. The normalized spacial score (nSPS) is 17.2. The molecule has 2 unspecified atom stereocenters. The molecular weight excluding hydrogens is 426 g/mol. The van der Waals surface area contributed by atoms with E-state index in [2.05, 4.69) is 53.4 Å². The number of piperidine rings is 1. The summed E-state index contributed by atoms with van der Waals surface area (Å²) in [6.07, 6.45) is 1.59. The first kappa shape index (κ1) is 23.8. The van der Waals surface area contributed by atoms with Gasteiger partial charge in [0, 0.05) is 6.54 Å². The van der Waals surface area contributed by atoms with E-state index in [1.54, 1.807) is 0 Å². The zero-order valence-corrected chi connectivity index (χ0v) is 19.9. The predicted molar refractivity (Wildman–Crippen MR) is 134 cm³/mol. The molecule has 178 valence electrons. The zero-order chi connectivity index (χ0) is 23.9. The second kappa shape index (κ2) is 11.2. The summed E-state index contributed by atoms with van der Waals surface area (Å²) in [6.45, 7) is 6.41. The van der Waals surface area contributed by atoms with E-state index in [-0.39, 0.29) is 12.0 Å². The SMILES string of the molecule is CCOc1ccc(C(c2ccc(-c3ccccc3)cc2)N2CCCC(C(=O)O)C2)cc1OCC. The second-order valence-corrected chi connectivity index (χ2v) is 8.64. The maximum atomic E-state index is 11.8. The van der Waals surface area contributed by atoms with Crippen molar-refractivity contribution in [1.29, 1.82) is 0 Å². The van der Waals surface area contributed by atoms with Crippen molar-refractivity contribution in [3.8, 4) is 22.6 Å². The van der Waals surface area contributed by atoms with Gasteiger partial charge in [0.2, 0.25) is 0 Å². The topological polar surface area (TPSA) is 59.0 Å².